The highest BCUT2D eigenvalue weighted by Gasteiger charge is 2.21. The van der Waals surface area contributed by atoms with Gasteiger partial charge in [0.05, 0.1) is 6.10 Å². The van der Waals surface area contributed by atoms with Crippen molar-refractivity contribution in [2.45, 2.75) is 44.4 Å². The first-order chi connectivity index (χ1) is 9.13. The monoisotopic (exact) mass is 266 g/mol. The second-order valence-corrected chi connectivity index (χ2v) is 4.97. The van der Waals surface area contributed by atoms with Crippen LogP contribution >= 0.6 is 0 Å². The number of carbonyl (C=O) groups excluding carboxylic acids is 1. The van der Waals surface area contributed by atoms with Gasteiger partial charge in [0, 0.05) is 12.6 Å². The number of urea groups is 1. The molecule has 2 atom stereocenters. The Hall–Kier alpha value is -1.62. The van der Waals surface area contributed by atoms with Crippen LogP contribution in [0.4, 0.5) is 9.18 Å². The van der Waals surface area contributed by atoms with Crippen molar-refractivity contribution in [3.63, 3.8) is 0 Å². The van der Waals surface area contributed by atoms with Gasteiger partial charge in [-0.15, -0.1) is 0 Å². The number of halogens is 1. The lowest BCUT2D eigenvalue weighted by Gasteiger charge is -2.26. The van der Waals surface area contributed by atoms with Gasteiger partial charge in [0.25, 0.3) is 0 Å². The number of benzene rings is 1. The van der Waals surface area contributed by atoms with Gasteiger partial charge in [-0.05, 0) is 43.4 Å². The van der Waals surface area contributed by atoms with Crippen LogP contribution < -0.4 is 10.6 Å². The molecule has 5 heteroatoms. The van der Waals surface area contributed by atoms with Crippen molar-refractivity contribution in [1.82, 2.24) is 10.6 Å². The second-order valence-electron chi connectivity index (χ2n) is 4.97. The standard InChI is InChI=1S/C14H19FN2O2/c15-11-6-4-10(5-7-11)9-16-14(19)17-12-2-1-3-13(18)8-12/h4-7,12-13,18H,1-3,8-9H2,(H2,16,17,19). The molecule has 2 unspecified atom stereocenters. The Morgan fingerprint density at radius 3 is 2.74 bits per heavy atom. The molecule has 1 aromatic rings. The third kappa shape index (κ3) is 4.52. The summed E-state index contributed by atoms with van der Waals surface area (Å²) in [6.45, 7) is 0.362. The van der Waals surface area contributed by atoms with E-state index in [4.69, 9.17) is 0 Å². The minimum absolute atomic E-state index is 0.0389. The van der Waals surface area contributed by atoms with Gasteiger partial charge in [0.1, 0.15) is 5.82 Å². The summed E-state index contributed by atoms with van der Waals surface area (Å²) in [5.74, 6) is -0.288. The molecule has 2 rings (SSSR count). The molecule has 0 radical (unpaired) electrons. The summed E-state index contributed by atoms with van der Waals surface area (Å²) < 4.78 is 12.7. The Bertz CT molecular complexity index is 422. The molecule has 104 valence electrons. The molecule has 0 saturated heterocycles. The van der Waals surface area contributed by atoms with E-state index in [2.05, 4.69) is 10.6 Å². The van der Waals surface area contributed by atoms with E-state index in [9.17, 15) is 14.3 Å². The predicted octanol–water partition coefficient (Wildman–Crippen LogP) is 1.93. The maximum atomic E-state index is 12.7. The third-order valence-electron chi connectivity index (χ3n) is 3.35. The number of hydrogen-bond acceptors (Lipinski definition) is 2. The largest absolute Gasteiger partial charge is 0.393 e. The SMILES string of the molecule is O=C(NCc1ccc(F)cc1)NC1CCCC(O)C1. The number of carbonyl (C=O) groups is 1. The Balaban J connectivity index is 1.73. The number of aliphatic hydroxyl groups excluding tert-OH is 1. The summed E-state index contributed by atoms with van der Waals surface area (Å²) >= 11 is 0. The van der Waals surface area contributed by atoms with Gasteiger partial charge in [0.2, 0.25) is 0 Å². The number of amides is 2. The Morgan fingerprint density at radius 1 is 1.32 bits per heavy atom. The van der Waals surface area contributed by atoms with Gasteiger partial charge in [-0.25, -0.2) is 9.18 Å². The van der Waals surface area contributed by atoms with E-state index in [0.717, 1.165) is 24.8 Å². The van der Waals surface area contributed by atoms with E-state index < -0.39 is 0 Å². The van der Waals surface area contributed by atoms with Crippen LogP contribution in [-0.2, 0) is 6.54 Å². The van der Waals surface area contributed by atoms with Gasteiger partial charge in [-0.3, -0.25) is 0 Å². The molecule has 1 aliphatic rings. The van der Waals surface area contributed by atoms with Crippen LogP contribution in [0.1, 0.15) is 31.2 Å². The minimum Gasteiger partial charge on any atom is -0.393 e. The topological polar surface area (TPSA) is 61.4 Å². The van der Waals surface area contributed by atoms with E-state index in [1.807, 2.05) is 0 Å². The summed E-state index contributed by atoms with van der Waals surface area (Å²) in [6.07, 6.45) is 2.96. The zero-order valence-electron chi connectivity index (χ0n) is 10.7. The lowest BCUT2D eigenvalue weighted by atomic mass is 9.93. The fourth-order valence-electron chi connectivity index (χ4n) is 2.32. The van der Waals surface area contributed by atoms with Crippen LogP contribution in [0.5, 0.6) is 0 Å². The van der Waals surface area contributed by atoms with E-state index in [0.29, 0.717) is 13.0 Å². The second kappa shape index (κ2) is 6.52. The Labute approximate surface area is 112 Å². The average Bonchev–Trinajstić information content (AvgIpc) is 2.38. The van der Waals surface area contributed by atoms with E-state index in [-0.39, 0.29) is 24.0 Å². The van der Waals surface area contributed by atoms with Crippen LogP contribution in [0.15, 0.2) is 24.3 Å². The minimum atomic E-state index is -0.309. The first kappa shape index (κ1) is 13.8. The first-order valence-electron chi connectivity index (χ1n) is 6.60. The summed E-state index contributed by atoms with van der Waals surface area (Å²) in [6, 6.07) is 5.80. The smallest absolute Gasteiger partial charge is 0.315 e. The fraction of sp³-hybridized carbons (Fsp3) is 0.500. The number of aliphatic hydroxyl groups is 1. The predicted molar refractivity (Wildman–Crippen MR) is 70.0 cm³/mol. The lowest BCUT2D eigenvalue weighted by molar-refractivity contribution is 0.113. The molecule has 1 fully saturated rings. The maximum Gasteiger partial charge on any atom is 0.315 e. The van der Waals surface area contributed by atoms with Gasteiger partial charge >= 0.3 is 6.03 Å². The summed E-state index contributed by atoms with van der Waals surface area (Å²) in [5.41, 5.74) is 0.847. The van der Waals surface area contributed by atoms with Gasteiger partial charge in [-0.1, -0.05) is 12.1 Å². The first-order valence-corrected chi connectivity index (χ1v) is 6.60. The van der Waals surface area contributed by atoms with E-state index >= 15 is 0 Å². The lowest BCUT2D eigenvalue weighted by Crippen LogP contribution is -2.44. The van der Waals surface area contributed by atoms with Gasteiger partial charge < -0.3 is 15.7 Å². The Kier molecular flexibility index (Phi) is 4.74. The highest BCUT2D eigenvalue weighted by atomic mass is 19.1. The molecule has 1 saturated carbocycles. The van der Waals surface area contributed by atoms with E-state index in [1.54, 1.807) is 12.1 Å². The molecular formula is C14H19FN2O2. The highest BCUT2D eigenvalue weighted by Crippen LogP contribution is 2.18. The molecule has 0 aliphatic heterocycles. The summed E-state index contributed by atoms with van der Waals surface area (Å²) in [7, 11) is 0. The number of rotatable bonds is 3. The van der Waals surface area contributed by atoms with Crippen molar-refractivity contribution in [2.75, 3.05) is 0 Å². The van der Waals surface area contributed by atoms with Crippen LogP contribution in [0.25, 0.3) is 0 Å². The summed E-state index contributed by atoms with van der Waals surface area (Å²) in [4.78, 5) is 11.7. The van der Waals surface area contributed by atoms with Crippen molar-refractivity contribution in [3.8, 4) is 0 Å². The molecule has 1 aliphatic carbocycles. The number of nitrogens with one attached hydrogen (secondary N) is 2. The zero-order valence-corrected chi connectivity index (χ0v) is 10.7. The normalized spacial score (nSPS) is 22.8. The van der Waals surface area contributed by atoms with Crippen LogP contribution in [0.2, 0.25) is 0 Å². The van der Waals surface area contributed by atoms with Crippen molar-refractivity contribution >= 4 is 6.03 Å². The van der Waals surface area contributed by atoms with E-state index in [1.165, 1.54) is 12.1 Å². The molecular weight excluding hydrogens is 247 g/mol. The van der Waals surface area contributed by atoms with Crippen molar-refractivity contribution in [1.29, 1.82) is 0 Å². The van der Waals surface area contributed by atoms with Gasteiger partial charge in [-0.2, -0.15) is 0 Å². The van der Waals surface area contributed by atoms with Crippen LogP contribution in [0, 0.1) is 5.82 Å². The molecule has 1 aromatic carbocycles. The molecule has 0 aromatic heterocycles. The Morgan fingerprint density at radius 2 is 2.05 bits per heavy atom. The zero-order chi connectivity index (χ0) is 13.7. The quantitative estimate of drug-likeness (QED) is 0.783. The van der Waals surface area contributed by atoms with Crippen molar-refractivity contribution in [2.24, 2.45) is 0 Å². The highest BCUT2D eigenvalue weighted by molar-refractivity contribution is 5.74. The van der Waals surface area contributed by atoms with Crippen molar-refractivity contribution < 1.29 is 14.3 Å². The molecule has 4 nitrogen and oxygen atoms in total. The number of hydrogen-bond donors (Lipinski definition) is 3. The molecule has 3 N–H and O–H groups in total. The van der Waals surface area contributed by atoms with Crippen LogP contribution in [0.3, 0.4) is 0 Å². The van der Waals surface area contributed by atoms with Gasteiger partial charge in [0.15, 0.2) is 0 Å². The molecule has 0 bridgehead atoms. The average molecular weight is 266 g/mol. The maximum absolute atomic E-state index is 12.7. The molecule has 0 heterocycles. The molecule has 2 amide bonds. The van der Waals surface area contributed by atoms with Crippen LogP contribution in [-0.4, -0.2) is 23.3 Å². The molecule has 0 spiro atoms. The summed E-state index contributed by atoms with van der Waals surface area (Å²) in [5, 5.41) is 15.1. The third-order valence-corrected chi connectivity index (χ3v) is 3.35. The van der Waals surface area contributed by atoms with Crippen molar-refractivity contribution in [3.05, 3.63) is 35.6 Å². The molecule has 19 heavy (non-hydrogen) atoms. The fourth-order valence-corrected chi connectivity index (χ4v) is 2.32.